The van der Waals surface area contributed by atoms with Crippen LogP contribution >= 0.6 is 0 Å². The number of rotatable bonds is 3. The summed E-state index contributed by atoms with van der Waals surface area (Å²) in [7, 11) is 0. The molecule has 0 aliphatic rings. The van der Waals surface area contributed by atoms with E-state index in [1.54, 1.807) is 0 Å². The van der Waals surface area contributed by atoms with E-state index in [9.17, 15) is 0 Å². The highest BCUT2D eigenvalue weighted by Crippen LogP contribution is 2.38. The minimum absolute atomic E-state index is 0.560. The smallest absolute Gasteiger partial charge is 0.146 e. The fourth-order valence-corrected chi connectivity index (χ4v) is 4.36. The molecule has 27 heavy (non-hydrogen) atoms. The molecule has 0 amide bonds. The van der Waals surface area contributed by atoms with Crippen molar-refractivity contribution in [1.29, 1.82) is 0 Å². The van der Waals surface area contributed by atoms with Crippen molar-refractivity contribution in [3.8, 4) is 5.69 Å². The lowest BCUT2D eigenvalue weighted by molar-refractivity contribution is 0.972. The van der Waals surface area contributed by atoms with Crippen LogP contribution in [0.15, 0.2) is 36.4 Å². The van der Waals surface area contributed by atoms with Crippen molar-refractivity contribution in [3.63, 3.8) is 0 Å². The number of pyridine rings is 1. The van der Waals surface area contributed by atoms with E-state index >= 15 is 0 Å². The third kappa shape index (κ3) is 2.60. The second-order valence-corrected chi connectivity index (χ2v) is 7.43. The fourth-order valence-electron chi connectivity index (χ4n) is 4.36. The zero-order valence-corrected chi connectivity index (χ0v) is 16.4. The number of hydrogen-bond donors (Lipinski definition) is 2. The molecule has 4 N–H and O–H groups in total. The number of nitrogens with two attached hydrogens (primary N) is 2. The Balaban J connectivity index is 2.25. The summed E-state index contributed by atoms with van der Waals surface area (Å²) in [5.74, 6) is 0. The normalized spacial score (nSPS) is 11.6. The van der Waals surface area contributed by atoms with E-state index < -0.39 is 0 Å². The minimum Gasteiger partial charge on any atom is -0.397 e. The summed E-state index contributed by atoms with van der Waals surface area (Å²) in [6.45, 7) is 9.01. The van der Waals surface area contributed by atoms with Crippen LogP contribution in [0.2, 0.25) is 0 Å². The highest BCUT2D eigenvalue weighted by atomic mass is 15.1. The van der Waals surface area contributed by atoms with Gasteiger partial charge in [-0.1, -0.05) is 35.9 Å². The second kappa shape index (κ2) is 6.39. The summed E-state index contributed by atoms with van der Waals surface area (Å²) in [4.78, 5) is 4.93. The van der Waals surface area contributed by atoms with Crippen LogP contribution in [-0.4, -0.2) is 16.1 Å². The van der Waals surface area contributed by atoms with E-state index in [2.05, 4.69) is 61.7 Å². The Hall–Kier alpha value is -2.85. The van der Waals surface area contributed by atoms with Crippen LogP contribution in [0.5, 0.6) is 0 Å². The topological polar surface area (TPSA) is 69.9 Å². The summed E-state index contributed by atoms with van der Waals surface area (Å²) in [6.07, 6.45) is 0.742. The lowest BCUT2D eigenvalue weighted by atomic mass is 10.0. The van der Waals surface area contributed by atoms with Crippen LogP contribution in [0.3, 0.4) is 0 Å². The van der Waals surface area contributed by atoms with Crippen LogP contribution in [0.4, 0.5) is 5.69 Å². The number of para-hydroxylation sites is 1. The highest BCUT2D eigenvalue weighted by Gasteiger charge is 2.21. The lowest BCUT2D eigenvalue weighted by Crippen LogP contribution is -2.09. The molecule has 0 saturated heterocycles. The van der Waals surface area contributed by atoms with E-state index in [0.29, 0.717) is 6.54 Å². The summed E-state index contributed by atoms with van der Waals surface area (Å²) < 4.78 is 2.29. The number of benzene rings is 2. The molecule has 4 rings (SSSR count). The molecule has 0 saturated carbocycles. The fraction of sp³-hybridized carbons (Fsp3) is 0.261. The minimum atomic E-state index is 0.560. The van der Waals surface area contributed by atoms with E-state index in [1.165, 1.54) is 27.8 Å². The Kier molecular flexibility index (Phi) is 4.16. The Bertz CT molecular complexity index is 1160. The van der Waals surface area contributed by atoms with Crippen molar-refractivity contribution >= 4 is 27.6 Å². The maximum absolute atomic E-state index is 6.43. The quantitative estimate of drug-likeness (QED) is 0.567. The Morgan fingerprint density at radius 3 is 2.33 bits per heavy atom. The summed E-state index contributed by atoms with van der Waals surface area (Å²) >= 11 is 0. The molecule has 2 aromatic carbocycles. The molecular formula is C23H26N4. The van der Waals surface area contributed by atoms with Gasteiger partial charge in [0.2, 0.25) is 0 Å². The first-order valence-corrected chi connectivity index (χ1v) is 9.40. The molecule has 138 valence electrons. The molecule has 4 aromatic rings. The zero-order valence-electron chi connectivity index (χ0n) is 16.4. The van der Waals surface area contributed by atoms with E-state index in [-0.39, 0.29) is 0 Å². The summed E-state index contributed by atoms with van der Waals surface area (Å²) in [5.41, 5.74) is 22.1. The number of hydrogen-bond acceptors (Lipinski definition) is 3. The number of nitrogens with zero attached hydrogens (tertiary/aromatic N) is 2. The maximum Gasteiger partial charge on any atom is 0.146 e. The van der Waals surface area contributed by atoms with Crippen LogP contribution in [0.25, 0.3) is 27.6 Å². The molecule has 0 aliphatic heterocycles. The molecule has 0 unspecified atom stereocenters. The molecule has 0 aliphatic carbocycles. The van der Waals surface area contributed by atoms with Crippen LogP contribution in [-0.2, 0) is 6.42 Å². The zero-order chi connectivity index (χ0) is 19.3. The van der Waals surface area contributed by atoms with Gasteiger partial charge in [0, 0.05) is 10.8 Å². The molecule has 0 bridgehead atoms. The maximum atomic E-state index is 6.43. The second-order valence-electron chi connectivity index (χ2n) is 7.43. The van der Waals surface area contributed by atoms with Crippen molar-refractivity contribution in [1.82, 2.24) is 9.55 Å². The lowest BCUT2D eigenvalue weighted by Gasteiger charge is -2.16. The Labute approximate surface area is 159 Å². The van der Waals surface area contributed by atoms with Crippen molar-refractivity contribution in [2.24, 2.45) is 5.73 Å². The predicted octanol–water partition coefficient (Wildman–Crippen LogP) is 4.50. The number of aromatic nitrogens is 2. The van der Waals surface area contributed by atoms with Gasteiger partial charge in [-0.3, -0.25) is 4.57 Å². The molecule has 0 radical (unpaired) electrons. The largest absolute Gasteiger partial charge is 0.397 e. The van der Waals surface area contributed by atoms with Crippen molar-refractivity contribution in [2.75, 3.05) is 12.3 Å². The number of fused-ring (bicyclic) bond motifs is 3. The highest BCUT2D eigenvalue weighted by molar-refractivity contribution is 6.11. The predicted molar refractivity (Wildman–Crippen MR) is 115 cm³/mol. The van der Waals surface area contributed by atoms with Gasteiger partial charge in [0.25, 0.3) is 0 Å². The number of nitrogen functional groups attached to an aromatic ring is 1. The number of aryl methyl sites for hydroxylation is 4. The third-order valence-corrected chi connectivity index (χ3v) is 5.39. The summed E-state index contributed by atoms with van der Waals surface area (Å²) in [5, 5.41) is 2.30. The first-order valence-electron chi connectivity index (χ1n) is 9.40. The van der Waals surface area contributed by atoms with E-state index in [4.69, 9.17) is 16.5 Å². The van der Waals surface area contributed by atoms with Crippen LogP contribution in [0.1, 0.15) is 27.9 Å². The molecule has 0 fully saturated rings. The van der Waals surface area contributed by atoms with Gasteiger partial charge in [0.15, 0.2) is 0 Å². The van der Waals surface area contributed by atoms with Crippen molar-refractivity contribution in [2.45, 2.75) is 34.1 Å². The standard InChI is InChI=1S/C23H26N4/c1-13-11-14(2)22(15(3)12-13)27-19-8-6-5-7-17(19)20-18(9-10-24)21(25)16(4)26-23(20)27/h5-8,11-12H,9-10,24-25H2,1-4H3. The van der Waals surface area contributed by atoms with Gasteiger partial charge < -0.3 is 11.5 Å². The molecule has 2 heterocycles. The van der Waals surface area contributed by atoms with Gasteiger partial charge in [-0.25, -0.2) is 4.98 Å². The molecule has 4 heteroatoms. The molecular weight excluding hydrogens is 332 g/mol. The molecule has 4 nitrogen and oxygen atoms in total. The summed E-state index contributed by atoms with van der Waals surface area (Å²) in [6, 6.07) is 12.9. The monoisotopic (exact) mass is 358 g/mol. The molecule has 2 aromatic heterocycles. The van der Waals surface area contributed by atoms with Gasteiger partial charge in [-0.2, -0.15) is 0 Å². The van der Waals surface area contributed by atoms with Gasteiger partial charge >= 0.3 is 0 Å². The van der Waals surface area contributed by atoms with Gasteiger partial charge in [0.1, 0.15) is 5.65 Å². The number of anilines is 1. The molecule has 0 spiro atoms. The van der Waals surface area contributed by atoms with Crippen LogP contribution in [0, 0.1) is 27.7 Å². The van der Waals surface area contributed by atoms with E-state index in [1.807, 2.05) is 6.92 Å². The average molecular weight is 358 g/mol. The van der Waals surface area contributed by atoms with Gasteiger partial charge in [-0.15, -0.1) is 0 Å². The Morgan fingerprint density at radius 1 is 1.00 bits per heavy atom. The first kappa shape index (κ1) is 17.6. The van der Waals surface area contributed by atoms with Gasteiger partial charge in [-0.05, 0) is 63.4 Å². The Morgan fingerprint density at radius 2 is 1.67 bits per heavy atom. The SMILES string of the molecule is Cc1cc(C)c(-n2c3ccccc3c3c(CCN)c(N)c(C)nc32)c(C)c1. The van der Waals surface area contributed by atoms with Crippen molar-refractivity contribution < 1.29 is 0 Å². The van der Waals surface area contributed by atoms with Crippen molar-refractivity contribution in [3.05, 3.63) is 64.3 Å². The van der Waals surface area contributed by atoms with Gasteiger partial charge in [0.05, 0.1) is 22.6 Å². The molecule has 0 atom stereocenters. The first-order chi connectivity index (χ1) is 12.9. The van der Waals surface area contributed by atoms with E-state index in [0.717, 1.165) is 39.9 Å². The van der Waals surface area contributed by atoms with Crippen LogP contribution < -0.4 is 11.5 Å². The average Bonchev–Trinajstić information content (AvgIpc) is 2.92. The third-order valence-electron chi connectivity index (χ3n) is 5.39.